The normalized spacial score (nSPS) is 17.8. The van der Waals surface area contributed by atoms with Crippen molar-refractivity contribution in [2.45, 2.75) is 19.3 Å². The fourth-order valence-corrected chi connectivity index (χ4v) is 2.58. The lowest BCUT2D eigenvalue weighted by atomic mass is 9.83. The third kappa shape index (κ3) is 2.00. The van der Waals surface area contributed by atoms with E-state index in [1.54, 1.807) is 6.20 Å². The van der Waals surface area contributed by atoms with Gasteiger partial charge in [-0.3, -0.25) is 4.98 Å². The molecule has 1 aromatic carbocycles. The highest BCUT2D eigenvalue weighted by Gasteiger charge is 2.18. The lowest BCUT2D eigenvalue weighted by molar-refractivity contribution is 0.565. The van der Waals surface area contributed by atoms with Crippen LogP contribution in [0.3, 0.4) is 0 Å². The van der Waals surface area contributed by atoms with Crippen LogP contribution in [0, 0.1) is 17.2 Å². The van der Waals surface area contributed by atoms with E-state index in [0.717, 1.165) is 24.8 Å². The number of benzene rings is 1. The Kier molecular flexibility index (Phi) is 2.82. The summed E-state index contributed by atoms with van der Waals surface area (Å²) in [4.78, 5) is 4.16. The Morgan fingerprint density at radius 2 is 2.11 bits per heavy atom. The van der Waals surface area contributed by atoms with Gasteiger partial charge < -0.3 is 0 Å². The Morgan fingerprint density at radius 1 is 1.17 bits per heavy atom. The lowest BCUT2D eigenvalue weighted by Crippen LogP contribution is -2.12. The molecule has 1 atom stereocenters. The summed E-state index contributed by atoms with van der Waals surface area (Å²) < 4.78 is 0. The number of rotatable bonds is 1. The van der Waals surface area contributed by atoms with E-state index in [4.69, 9.17) is 5.26 Å². The van der Waals surface area contributed by atoms with Crippen LogP contribution < -0.4 is 0 Å². The number of pyridine rings is 1. The summed E-state index contributed by atoms with van der Waals surface area (Å²) in [5.41, 5.74) is 5.10. The lowest BCUT2D eigenvalue weighted by Gasteiger charge is -2.20. The van der Waals surface area contributed by atoms with E-state index in [2.05, 4.69) is 35.3 Å². The maximum absolute atomic E-state index is 8.99. The highest BCUT2D eigenvalue weighted by atomic mass is 14.6. The molecule has 1 aromatic heterocycles. The molecular formula is C16H14N2. The third-order valence-corrected chi connectivity index (χ3v) is 3.61. The SMILES string of the molecule is N#C[C@@H]1CCc2cc(-c3cccnc3)ccc2C1. The molecule has 2 nitrogen and oxygen atoms in total. The van der Waals surface area contributed by atoms with Crippen LogP contribution in [0.2, 0.25) is 0 Å². The maximum atomic E-state index is 8.99. The number of nitriles is 1. The zero-order chi connectivity index (χ0) is 12.4. The fraction of sp³-hybridized carbons (Fsp3) is 0.250. The van der Waals surface area contributed by atoms with Crippen LogP contribution in [0.4, 0.5) is 0 Å². The highest BCUT2D eigenvalue weighted by molar-refractivity contribution is 5.64. The number of aromatic nitrogens is 1. The standard InChI is InChI=1S/C16H14N2/c17-10-12-3-4-14-9-15(6-5-13(14)8-12)16-2-1-7-18-11-16/h1-2,5-7,9,11-12H,3-4,8H2/t12-/m1/s1. The number of hydrogen-bond acceptors (Lipinski definition) is 2. The minimum Gasteiger partial charge on any atom is -0.264 e. The van der Waals surface area contributed by atoms with Gasteiger partial charge >= 0.3 is 0 Å². The van der Waals surface area contributed by atoms with Gasteiger partial charge in [-0.25, -0.2) is 0 Å². The molecule has 0 saturated heterocycles. The first kappa shape index (κ1) is 11.0. The third-order valence-electron chi connectivity index (χ3n) is 3.61. The van der Waals surface area contributed by atoms with Crippen molar-refractivity contribution in [3.05, 3.63) is 53.9 Å². The van der Waals surface area contributed by atoms with E-state index in [9.17, 15) is 0 Å². The van der Waals surface area contributed by atoms with Crippen molar-refractivity contribution in [2.24, 2.45) is 5.92 Å². The van der Waals surface area contributed by atoms with E-state index in [1.165, 1.54) is 16.7 Å². The van der Waals surface area contributed by atoms with Crippen molar-refractivity contribution in [1.29, 1.82) is 5.26 Å². The maximum Gasteiger partial charge on any atom is 0.0659 e. The second-order valence-corrected chi connectivity index (χ2v) is 4.79. The first-order chi connectivity index (χ1) is 8.86. The Morgan fingerprint density at radius 3 is 2.89 bits per heavy atom. The monoisotopic (exact) mass is 234 g/mol. The molecule has 0 amide bonds. The van der Waals surface area contributed by atoms with Gasteiger partial charge in [0.05, 0.1) is 12.0 Å². The Bertz CT molecular complexity index is 596. The summed E-state index contributed by atoms with van der Waals surface area (Å²) in [6.07, 6.45) is 6.59. The Balaban J connectivity index is 1.96. The average molecular weight is 234 g/mol. The van der Waals surface area contributed by atoms with Crippen LogP contribution in [-0.4, -0.2) is 4.98 Å². The van der Waals surface area contributed by atoms with E-state index >= 15 is 0 Å². The van der Waals surface area contributed by atoms with Crippen LogP contribution in [0.15, 0.2) is 42.7 Å². The van der Waals surface area contributed by atoms with Crippen LogP contribution in [-0.2, 0) is 12.8 Å². The largest absolute Gasteiger partial charge is 0.264 e. The molecule has 0 aliphatic heterocycles. The van der Waals surface area contributed by atoms with Gasteiger partial charge in [-0.15, -0.1) is 0 Å². The summed E-state index contributed by atoms with van der Waals surface area (Å²) in [5.74, 6) is 0.196. The molecule has 18 heavy (non-hydrogen) atoms. The summed E-state index contributed by atoms with van der Waals surface area (Å²) in [5, 5.41) is 8.99. The van der Waals surface area contributed by atoms with Crippen molar-refractivity contribution in [3.8, 4) is 17.2 Å². The van der Waals surface area contributed by atoms with Crippen molar-refractivity contribution < 1.29 is 0 Å². The number of aryl methyl sites for hydroxylation is 1. The van der Waals surface area contributed by atoms with E-state index in [-0.39, 0.29) is 5.92 Å². The second kappa shape index (κ2) is 4.62. The smallest absolute Gasteiger partial charge is 0.0659 e. The van der Waals surface area contributed by atoms with Gasteiger partial charge in [0.25, 0.3) is 0 Å². The quantitative estimate of drug-likeness (QED) is 0.758. The number of fused-ring (bicyclic) bond motifs is 1. The first-order valence-corrected chi connectivity index (χ1v) is 6.28. The molecule has 1 aliphatic rings. The van der Waals surface area contributed by atoms with Crippen molar-refractivity contribution in [2.75, 3.05) is 0 Å². The number of hydrogen-bond donors (Lipinski definition) is 0. The van der Waals surface area contributed by atoms with Crippen LogP contribution in [0.1, 0.15) is 17.5 Å². The second-order valence-electron chi connectivity index (χ2n) is 4.79. The first-order valence-electron chi connectivity index (χ1n) is 6.28. The van der Waals surface area contributed by atoms with E-state index in [1.807, 2.05) is 12.3 Å². The fourth-order valence-electron chi connectivity index (χ4n) is 2.58. The Hall–Kier alpha value is -2.14. The summed E-state index contributed by atoms with van der Waals surface area (Å²) in [6.45, 7) is 0. The summed E-state index contributed by atoms with van der Waals surface area (Å²) in [6, 6.07) is 13.0. The molecular weight excluding hydrogens is 220 g/mol. The molecule has 2 heteroatoms. The molecule has 0 saturated carbocycles. The molecule has 0 fully saturated rings. The van der Waals surface area contributed by atoms with Crippen LogP contribution in [0.25, 0.3) is 11.1 Å². The molecule has 0 unspecified atom stereocenters. The molecule has 2 aromatic rings. The molecule has 0 radical (unpaired) electrons. The van der Waals surface area contributed by atoms with Crippen molar-refractivity contribution in [3.63, 3.8) is 0 Å². The van der Waals surface area contributed by atoms with Gasteiger partial charge in [0.1, 0.15) is 0 Å². The molecule has 1 heterocycles. The Labute approximate surface area is 107 Å². The van der Waals surface area contributed by atoms with Crippen LogP contribution >= 0.6 is 0 Å². The number of nitrogens with zero attached hydrogens (tertiary/aromatic N) is 2. The molecule has 0 bridgehead atoms. The summed E-state index contributed by atoms with van der Waals surface area (Å²) in [7, 11) is 0. The molecule has 3 rings (SSSR count). The van der Waals surface area contributed by atoms with E-state index in [0.29, 0.717) is 0 Å². The minimum atomic E-state index is 0.196. The van der Waals surface area contributed by atoms with Gasteiger partial charge in [0.2, 0.25) is 0 Å². The predicted octanol–water partition coefficient (Wildman–Crippen LogP) is 3.38. The minimum absolute atomic E-state index is 0.196. The summed E-state index contributed by atoms with van der Waals surface area (Å²) >= 11 is 0. The molecule has 0 N–H and O–H groups in total. The van der Waals surface area contributed by atoms with Gasteiger partial charge in [0.15, 0.2) is 0 Å². The van der Waals surface area contributed by atoms with Crippen molar-refractivity contribution >= 4 is 0 Å². The molecule has 1 aliphatic carbocycles. The van der Waals surface area contributed by atoms with Gasteiger partial charge in [0, 0.05) is 12.4 Å². The highest BCUT2D eigenvalue weighted by Crippen LogP contribution is 2.29. The van der Waals surface area contributed by atoms with Crippen LogP contribution in [0.5, 0.6) is 0 Å². The zero-order valence-corrected chi connectivity index (χ0v) is 10.1. The molecule has 0 spiro atoms. The van der Waals surface area contributed by atoms with Crippen molar-refractivity contribution in [1.82, 2.24) is 4.98 Å². The topological polar surface area (TPSA) is 36.7 Å². The van der Waals surface area contributed by atoms with Gasteiger partial charge in [-0.05, 0) is 47.6 Å². The van der Waals surface area contributed by atoms with E-state index < -0.39 is 0 Å². The predicted molar refractivity (Wildman–Crippen MR) is 70.8 cm³/mol. The van der Waals surface area contributed by atoms with Gasteiger partial charge in [-0.1, -0.05) is 24.3 Å². The zero-order valence-electron chi connectivity index (χ0n) is 10.1. The van der Waals surface area contributed by atoms with Gasteiger partial charge in [-0.2, -0.15) is 5.26 Å². The average Bonchev–Trinajstić information content (AvgIpc) is 2.47. The molecule has 88 valence electrons.